The van der Waals surface area contributed by atoms with Crippen LogP contribution in [0.15, 0.2) is 41.9 Å². The first kappa shape index (κ1) is 24.4. The summed E-state index contributed by atoms with van der Waals surface area (Å²) in [6.45, 7) is 1.75. The number of nitrogens with one attached hydrogen (secondary N) is 2. The Bertz CT molecular complexity index is 1150. The summed E-state index contributed by atoms with van der Waals surface area (Å²) in [5.74, 6) is -1.90. The molecule has 4 rings (SSSR count). The molecule has 0 spiro atoms. The van der Waals surface area contributed by atoms with Gasteiger partial charge in [0.05, 0.1) is 15.7 Å². The number of hydrogen-bond donors (Lipinski definition) is 2. The van der Waals surface area contributed by atoms with Gasteiger partial charge in [-0.05, 0) is 48.7 Å². The predicted octanol–water partition coefficient (Wildman–Crippen LogP) is 4.50. The SMILES string of the molecule is CN(C(=O)C(Cc1cc(F)cc(F)c1)NC(=O)NSN1CCCCC1)c1ccc2scnc2c1. The molecule has 7 nitrogen and oxygen atoms in total. The van der Waals surface area contributed by atoms with Crippen molar-refractivity contribution < 1.29 is 18.4 Å². The molecule has 1 aliphatic heterocycles. The Hall–Kier alpha value is -2.76. The molecule has 3 aromatic rings. The highest BCUT2D eigenvalue weighted by Crippen LogP contribution is 2.24. The van der Waals surface area contributed by atoms with Crippen LogP contribution in [0.5, 0.6) is 0 Å². The molecule has 2 aromatic carbocycles. The van der Waals surface area contributed by atoms with Crippen LogP contribution in [0.3, 0.4) is 0 Å². The lowest BCUT2D eigenvalue weighted by Crippen LogP contribution is -2.51. The zero-order chi connectivity index (χ0) is 24.1. The summed E-state index contributed by atoms with van der Waals surface area (Å²) in [6.07, 6.45) is 3.23. The Balaban J connectivity index is 1.50. The van der Waals surface area contributed by atoms with E-state index in [-0.39, 0.29) is 12.0 Å². The number of rotatable bonds is 7. The highest BCUT2D eigenvalue weighted by Gasteiger charge is 2.26. The van der Waals surface area contributed by atoms with E-state index in [1.807, 2.05) is 6.07 Å². The van der Waals surface area contributed by atoms with Crippen molar-refractivity contribution >= 4 is 51.3 Å². The number of amides is 3. The molecular formula is C23H25F2N5O2S2. The van der Waals surface area contributed by atoms with Crippen molar-refractivity contribution in [2.45, 2.75) is 31.7 Å². The summed E-state index contributed by atoms with van der Waals surface area (Å²) in [5.41, 5.74) is 3.35. The van der Waals surface area contributed by atoms with E-state index in [0.29, 0.717) is 5.69 Å². The van der Waals surface area contributed by atoms with Crippen molar-refractivity contribution in [3.05, 3.63) is 59.1 Å². The second-order valence-electron chi connectivity index (χ2n) is 8.09. The summed E-state index contributed by atoms with van der Waals surface area (Å²) in [6, 6.07) is 6.95. The number of thiazole rings is 1. The topological polar surface area (TPSA) is 77.6 Å². The van der Waals surface area contributed by atoms with Crippen LogP contribution in [0.4, 0.5) is 19.3 Å². The quantitative estimate of drug-likeness (QED) is 0.463. The van der Waals surface area contributed by atoms with Crippen LogP contribution in [-0.4, -0.2) is 47.4 Å². The fraction of sp³-hybridized carbons (Fsp3) is 0.348. The third kappa shape index (κ3) is 6.22. The molecule has 2 N–H and O–H groups in total. The number of fused-ring (bicyclic) bond motifs is 1. The minimum absolute atomic E-state index is 0.0708. The molecule has 0 saturated carbocycles. The summed E-state index contributed by atoms with van der Waals surface area (Å²) in [5, 5.41) is 2.68. The number of piperidine rings is 1. The average Bonchev–Trinajstić information content (AvgIpc) is 3.29. The molecule has 11 heteroatoms. The monoisotopic (exact) mass is 505 g/mol. The maximum absolute atomic E-state index is 13.8. The summed E-state index contributed by atoms with van der Waals surface area (Å²) < 4.78 is 33.3. The summed E-state index contributed by atoms with van der Waals surface area (Å²) in [4.78, 5) is 31.7. The third-order valence-corrected chi connectivity index (χ3v) is 7.29. The number of carbonyl (C=O) groups is 2. The standard InChI is InChI=1S/C23H25F2N5O2S2/c1-29(18-5-6-21-19(13-18)26-14-33-21)22(31)20(11-15-9-16(24)12-17(25)10-15)27-23(32)28-34-30-7-3-2-4-8-30/h5-6,9-10,12-14,20H,2-4,7-8,11H2,1H3,(H2,27,28,32). The molecule has 1 aromatic heterocycles. The van der Waals surface area contributed by atoms with Crippen LogP contribution in [0.1, 0.15) is 24.8 Å². The molecule has 0 bridgehead atoms. The Kier molecular flexibility index (Phi) is 7.96. The molecule has 0 radical (unpaired) electrons. The van der Waals surface area contributed by atoms with Crippen LogP contribution in [0.25, 0.3) is 10.2 Å². The van der Waals surface area contributed by atoms with Gasteiger partial charge in [-0.3, -0.25) is 9.52 Å². The molecular weight excluding hydrogens is 480 g/mol. The van der Waals surface area contributed by atoms with Crippen LogP contribution in [0, 0.1) is 11.6 Å². The molecule has 34 heavy (non-hydrogen) atoms. The summed E-state index contributed by atoms with van der Waals surface area (Å²) >= 11 is 2.69. The average molecular weight is 506 g/mol. The molecule has 0 aliphatic carbocycles. The van der Waals surface area contributed by atoms with Crippen LogP contribution in [-0.2, 0) is 11.2 Å². The van der Waals surface area contributed by atoms with E-state index in [2.05, 4.69) is 19.3 Å². The first-order chi connectivity index (χ1) is 16.4. The lowest BCUT2D eigenvalue weighted by molar-refractivity contribution is -0.120. The number of benzene rings is 2. The number of carbonyl (C=O) groups excluding carboxylic acids is 2. The number of aromatic nitrogens is 1. The van der Waals surface area contributed by atoms with E-state index >= 15 is 0 Å². The van der Waals surface area contributed by atoms with Gasteiger partial charge in [-0.15, -0.1) is 11.3 Å². The van der Waals surface area contributed by atoms with Gasteiger partial charge in [0.15, 0.2) is 0 Å². The van der Waals surface area contributed by atoms with Crippen LogP contribution < -0.4 is 14.9 Å². The Morgan fingerprint density at radius 1 is 1.15 bits per heavy atom. The fourth-order valence-corrected chi connectivity index (χ4v) is 5.20. The number of likely N-dealkylation sites (N-methyl/N-ethyl adjacent to an activating group) is 1. The normalized spacial score (nSPS) is 15.1. The molecule has 3 amide bonds. The third-order valence-electron chi connectivity index (χ3n) is 5.58. The number of anilines is 1. The van der Waals surface area contributed by atoms with Crippen molar-refractivity contribution in [3.8, 4) is 0 Å². The van der Waals surface area contributed by atoms with Gasteiger partial charge >= 0.3 is 6.03 Å². The van der Waals surface area contributed by atoms with Gasteiger partial charge in [-0.2, -0.15) is 0 Å². The van der Waals surface area contributed by atoms with Crippen molar-refractivity contribution in [1.29, 1.82) is 0 Å². The van der Waals surface area contributed by atoms with Crippen molar-refractivity contribution in [2.24, 2.45) is 0 Å². The second-order valence-corrected chi connectivity index (χ2v) is 9.88. The first-order valence-corrected chi connectivity index (χ1v) is 12.6. The Morgan fingerprint density at radius 3 is 2.62 bits per heavy atom. The van der Waals surface area contributed by atoms with Gasteiger partial charge in [0, 0.05) is 50.4 Å². The zero-order valence-electron chi connectivity index (χ0n) is 18.6. The van der Waals surface area contributed by atoms with E-state index < -0.39 is 29.6 Å². The molecule has 1 unspecified atom stereocenters. The van der Waals surface area contributed by atoms with Crippen molar-refractivity contribution in [3.63, 3.8) is 0 Å². The molecule has 180 valence electrons. The Labute approximate surface area is 204 Å². The second kappa shape index (κ2) is 11.1. The van der Waals surface area contributed by atoms with E-state index in [9.17, 15) is 18.4 Å². The Morgan fingerprint density at radius 2 is 1.88 bits per heavy atom. The lowest BCUT2D eigenvalue weighted by Gasteiger charge is -2.27. The van der Waals surface area contributed by atoms with Crippen LogP contribution >= 0.6 is 23.5 Å². The van der Waals surface area contributed by atoms with Gasteiger partial charge in [-0.25, -0.2) is 22.9 Å². The van der Waals surface area contributed by atoms with Gasteiger partial charge in [0.25, 0.3) is 0 Å². The molecule has 1 aliphatic rings. The predicted molar refractivity (Wildman–Crippen MR) is 132 cm³/mol. The zero-order valence-corrected chi connectivity index (χ0v) is 20.2. The number of nitrogens with zero attached hydrogens (tertiary/aromatic N) is 3. The van der Waals surface area contributed by atoms with Crippen molar-refractivity contribution in [2.75, 3.05) is 25.0 Å². The minimum Gasteiger partial charge on any atom is -0.325 e. The van der Waals surface area contributed by atoms with E-state index in [1.165, 1.54) is 34.8 Å². The smallest absolute Gasteiger partial charge is 0.325 e. The number of urea groups is 1. The van der Waals surface area contributed by atoms with Gasteiger partial charge in [0.2, 0.25) is 5.91 Å². The van der Waals surface area contributed by atoms with E-state index in [1.54, 1.807) is 24.7 Å². The highest BCUT2D eigenvalue weighted by molar-refractivity contribution is 7.95. The van der Waals surface area contributed by atoms with E-state index in [0.717, 1.165) is 54.3 Å². The maximum Gasteiger partial charge on any atom is 0.326 e. The molecule has 1 atom stereocenters. The fourth-order valence-electron chi connectivity index (χ4n) is 3.83. The van der Waals surface area contributed by atoms with E-state index in [4.69, 9.17) is 0 Å². The molecule has 1 fully saturated rings. The molecule has 1 saturated heterocycles. The number of hydrogen-bond acceptors (Lipinski definition) is 6. The number of halogens is 2. The van der Waals surface area contributed by atoms with Gasteiger partial charge in [-0.1, -0.05) is 6.42 Å². The van der Waals surface area contributed by atoms with Gasteiger partial charge in [0.1, 0.15) is 17.7 Å². The first-order valence-electron chi connectivity index (χ1n) is 10.9. The largest absolute Gasteiger partial charge is 0.326 e. The summed E-state index contributed by atoms with van der Waals surface area (Å²) in [7, 11) is 1.59. The lowest BCUT2D eigenvalue weighted by atomic mass is 10.0. The van der Waals surface area contributed by atoms with Crippen molar-refractivity contribution in [1.82, 2.24) is 19.3 Å². The van der Waals surface area contributed by atoms with Gasteiger partial charge < -0.3 is 10.2 Å². The van der Waals surface area contributed by atoms with Crippen LogP contribution in [0.2, 0.25) is 0 Å². The minimum atomic E-state index is -1.04. The molecule has 2 heterocycles. The maximum atomic E-state index is 13.8. The highest BCUT2D eigenvalue weighted by atomic mass is 32.2.